The molecule has 0 aromatic rings. The summed E-state index contributed by atoms with van der Waals surface area (Å²) in [5, 5.41) is 0. The molecule has 0 aliphatic carbocycles. The van der Waals surface area contributed by atoms with Crippen molar-refractivity contribution < 1.29 is 9.53 Å². The van der Waals surface area contributed by atoms with Crippen LogP contribution in [0.3, 0.4) is 0 Å². The van der Waals surface area contributed by atoms with Gasteiger partial charge < -0.3 is 4.74 Å². The van der Waals surface area contributed by atoms with E-state index in [4.69, 9.17) is 4.74 Å². The second-order valence-corrected chi connectivity index (χ2v) is 5.58. The van der Waals surface area contributed by atoms with Gasteiger partial charge in [-0.05, 0) is 26.3 Å². The third-order valence-electron chi connectivity index (χ3n) is 3.72. The molecule has 0 amide bonds. The maximum absolute atomic E-state index is 11.6. The van der Waals surface area contributed by atoms with Crippen molar-refractivity contribution in [1.29, 1.82) is 0 Å². The van der Waals surface area contributed by atoms with E-state index in [0.29, 0.717) is 6.61 Å². The molecular weight excluding hydrogens is 200 g/mol. The predicted octanol–water partition coefficient (Wildman–Crippen LogP) is 3.96. The largest absolute Gasteiger partial charge is 0.498 e. The first kappa shape index (κ1) is 15.2. The second kappa shape index (κ2) is 5.51. The Labute approximate surface area is 100 Å². The average molecular weight is 226 g/mol. The Morgan fingerprint density at radius 1 is 1.19 bits per heavy atom. The van der Waals surface area contributed by atoms with E-state index in [2.05, 4.69) is 26.8 Å². The van der Waals surface area contributed by atoms with Gasteiger partial charge in [0.1, 0.15) is 5.78 Å². The Hall–Kier alpha value is -0.790. The summed E-state index contributed by atoms with van der Waals surface area (Å²) < 4.78 is 5.69. The van der Waals surface area contributed by atoms with Crippen LogP contribution < -0.4 is 0 Å². The van der Waals surface area contributed by atoms with Crippen LogP contribution in [0.15, 0.2) is 11.8 Å². The summed E-state index contributed by atoms with van der Waals surface area (Å²) in [4.78, 5) is 11.6. The summed E-state index contributed by atoms with van der Waals surface area (Å²) >= 11 is 0. The number of ketones is 1. The van der Waals surface area contributed by atoms with Gasteiger partial charge in [-0.3, -0.25) is 4.79 Å². The molecule has 0 saturated carbocycles. The lowest BCUT2D eigenvalue weighted by molar-refractivity contribution is -0.133. The molecular formula is C14H26O2. The summed E-state index contributed by atoms with van der Waals surface area (Å²) in [6, 6.07) is 0. The lowest BCUT2D eigenvalue weighted by Gasteiger charge is -2.39. The number of allylic oxidation sites excluding steroid dienone is 2. The van der Waals surface area contributed by atoms with E-state index in [0.717, 1.165) is 12.2 Å². The smallest absolute Gasteiger partial charge is 0.136 e. The maximum atomic E-state index is 11.6. The quantitative estimate of drug-likeness (QED) is 0.641. The molecule has 2 heteroatoms. The van der Waals surface area contributed by atoms with Crippen LogP contribution in [0, 0.1) is 10.8 Å². The van der Waals surface area contributed by atoms with E-state index >= 15 is 0 Å². The van der Waals surface area contributed by atoms with E-state index in [-0.39, 0.29) is 16.6 Å². The molecule has 0 fully saturated rings. The van der Waals surface area contributed by atoms with Gasteiger partial charge >= 0.3 is 0 Å². The molecule has 94 valence electrons. The van der Waals surface area contributed by atoms with Crippen molar-refractivity contribution in [3.8, 4) is 0 Å². The highest BCUT2D eigenvalue weighted by molar-refractivity contribution is 5.82. The molecule has 0 rings (SSSR count). The highest BCUT2D eigenvalue weighted by Gasteiger charge is 2.41. The predicted molar refractivity (Wildman–Crippen MR) is 68.2 cm³/mol. The number of carbonyl (C=O) groups excluding carboxylic acids is 1. The molecule has 2 nitrogen and oxygen atoms in total. The van der Waals surface area contributed by atoms with Crippen LogP contribution in [0.25, 0.3) is 0 Å². The van der Waals surface area contributed by atoms with Crippen LogP contribution in [-0.4, -0.2) is 12.4 Å². The minimum Gasteiger partial charge on any atom is -0.498 e. The molecule has 0 aliphatic heterocycles. The van der Waals surface area contributed by atoms with Gasteiger partial charge in [0.05, 0.1) is 12.4 Å². The molecule has 0 heterocycles. The summed E-state index contributed by atoms with van der Waals surface area (Å²) in [5.41, 5.74) is -0.527. The second-order valence-electron chi connectivity index (χ2n) is 5.58. The van der Waals surface area contributed by atoms with Crippen molar-refractivity contribution in [3.05, 3.63) is 11.8 Å². The first-order chi connectivity index (χ1) is 7.15. The topological polar surface area (TPSA) is 26.3 Å². The number of Topliss-reactive ketones (excluding diaryl/α,β-unsaturated/α-hetero) is 1. The molecule has 0 aliphatic rings. The van der Waals surface area contributed by atoms with Crippen molar-refractivity contribution >= 4 is 5.78 Å². The molecule has 0 bridgehead atoms. The summed E-state index contributed by atoms with van der Waals surface area (Å²) in [5.74, 6) is 1.15. The van der Waals surface area contributed by atoms with Crippen LogP contribution in [0.4, 0.5) is 0 Å². The Morgan fingerprint density at radius 3 is 2.06 bits per heavy atom. The average Bonchev–Trinajstić information content (AvgIpc) is 2.15. The summed E-state index contributed by atoms with van der Waals surface area (Å²) in [6.45, 7) is 14.4. The van der Waals surface area contributed by atoms with E-state index < -0.39 is 0 Å². The number of ether oxygens (including phenoxy) is 1. The fourth-order valence-corrected chi connectivity index (χ4v) is 1.30. The molecule has 0 unspecified atom stereocenters. The minimum absolute atomic E-state index is 0.165. The molecule has 0 atom stereocenters. The Kier molecular flexibility index (Phi) is 5.24. The zero-order valence-corrected chi connectivity index (χ0v) is 11.8. The molecule has 16 heavy (non-hydrogen) atoms. The first-order valence-electron chi connectivity index (χ1n) is 5.95. The van der Waals surface area contributed by atoms with Gasteiger partial charge in [0.25, 0.3) is 0 Å². The first-order valence-corrected chi connectivity index (χ1v) is 5.95. The van der Waals surface area contributed by atoms with Crippen LogP contribution >= 0.6 is 0 Å². The SMILES string of the molecule is CC/C=C(\C)OCC(C)(C)C(C)(C)C(C)=O. The van der Waals surface area contributed by atoms with Gasteiger partial charge in [0, 0.05) is 10.8 Å². The number of rotatable bonds is 6. The lowest BCUT2D eigenvalue weighted by atomic mass is 9.66. The maximum Gasteiger partial charge on any atom is 0.136 e. The van der Waals surface area contributed by atoms with Crippen molar-refractivity contribution in [2.75, 3.05) is 6.61 Å². The molecule has 0 aromatic heterocycles. The summed E-state index contributed by atoms with van der Waals surface area (Å²) in [7, 11) is 0. The van der Waals surface area contributed by atoms with Gasteiger partial charge in [-0.15, -0.1) is 0 Å². The van der Waals surface area contributed by atoms with Crippen molar-refractivity contribution in [3.63, 3.8) is 0 Å². The third kappa shape index (κ3) is 3.66. The van der Waals surface area contributed by atoms with Crippen molar-refractivity contribution in [2.45, 2.75) is 54.9 Å². The Bertz CT molecular complexity index is 272. The van der Waals surface area contributed by atoms with Gasteiger partial charge in [0.15, 0.2) is 0 Å². The Balaban J connectivity index is 4.58. The van der Waals surface area contributed by atoms with Gasteiger partial charge in [-0.1, -0.05) is 34.6 Å². The van der Waals surface area contributed by atoms with Crippen molar-refractivity contribution in [2.24, 2.45) is 10.8 Å². The fraction of sp³-hybridized carbons (Fsp3) is 0.786. The van der Waals surface area contributed by atoms with Crippen LogP contribution in [0.2, 0.25) is 0 Å². The lowest BCUT2D eigenvalue weighted by Crippen LogP contribution is -2.41. The summed E-state index contributed by atoms with van der Waals surface area (Å²) in [6.07, 6.45) is 3.03. The van der Waals surface area contributed by atoms with E-state index in [1.165, 1.54) is 0 Å². The number of hydrogen-bond acceptors (Lipinski definition) is 2. The standard InChI is InChI=1S/C14H26O2/c1-8-9-11(2)16-10-13(4,5)14(6,7)12(3)15/h9H,8,10H2,1-7H3/b11-9+. The van der Waals surface area contributed by atoms with Crippen molar-refractivity contribution in [1.82, 2.24) is 0 Å². The fourth-order valence-electron chi connectivity index (χ4n) is 1.30. The van der Waals surface area contributed by atoms with Gasteiger partial charge in [-0.2, -0.15) is 0 Å². The number of hydrogen-bond donors (Lipinski definition) is 0. The number of carbonyl (C=O) groups is 1. The normalized spacial score (nSPS) is 13.8. The highest BCUT2D eigenvalue weighted by atomic mass is 16.5. The Morgan fingerprint density at radius 2 is 1.69 bits per heavy atom. The zero-order chi connectivity index (χ0) is 13.0. The molecule has 0 radical (unpaired) electrons. The van der Waals surface area contributed by atoms with Crippen LogP contribution in [0.1, 0.15) is 54.9 Å². The van der Waals surface area contributed by atoms with E-state index in [1.807, 2.05) is 20.8 Å². The minimum atomic E-state index is -0.362. The van der Waals surface area contributed by atoms with E-state index in [9.17, 15) is 4.79 Å². The molecule has 0 spiro atoms. The van der Waals surface area contributed by atoms with Gasteiger partial charge in [-0.25, -0.2) is 0 Å². The third-order valence-corrected chi connectivity index (χ3v) is 3.72. The monoisotopic (exact) mass is 226 g/mol. The molecule has 0 N–H and O–H groups in total. The van der Waals surface area contributed by atoms with Gasteiger partial charge in [0.2, 0.25) is 0 Å². The van der Waals surface area contributed by atoms with Crippen LogP contribution in [0.5, 0.6) is 0 Å². The zero-order valence-electron chi connectivity index (χ0n) is 11.8. The highest BCUT2D eigenvalue weighted by Crippen LogP contribution is 2.39. The molecule has 0 aromatic carbocycles. The van der Waals surface area contributed by atoms with Crippen LogP contribution in [-0.2, 0) is 9.53 Å². The molecule has 0 saturated heterocycles. The van der Waals surface area contributed by atoms with E-state index in [1.54, 1.807) is 6.92 Å².